The Morgan fingerprint density at radius 1 is 0.912 bits per heavy atom. The summed E-state index contributed by atoms with van der Waals surface area (Å²) in [6, 6.07) is 12.3. The van der Waals surface area contributed by atoms with Crippen molar-refractivity contribution in [2.45, 2.75) is 64.1 Å². The van der Waals surface area contributed by atoms with Gasteiger partial charge in [0.05, 0.1) is 0 Å². The molecule has 2 amide bonds. The second kappa shape index (κ2) is 9.65. The zero-order valence-corrected chi connectivity index (χ0v) is 21.0. The van der Waals surface area contributed by atoms with Gasteiger partial charge >= 0.3 is 6.09 Å². The second-order valence-electron chi connectivity index (χ2n) is 10.5. The van der Waals surface area contributed by atoms with Crippen LogP contribution in [-0.4, -0.2) is 71.7 Å². The molecule has 2 heterocycles. The maximum absolute atomic E-state index is 13.5. The SMILES string of the molecule is CN(C)c1ccc(-c2ccc(C(=O)N(C3CC3)C3CCN(C(=O)OC(C)(C)C)CC3)cc2)cn1. The summed E-state index contributed by atoms with van der Waals surface area (Å²) in [6.45, 7) is 6.87. The number of rotatable bonds is 5. The van der Waals surface area contributed by atoms with Crippen LogP contribution >= 0.6 is 0 Å². The van der Waals surface area contributed by atoms with Crippen molar-refractivity contribution in [2.24, 2.45) is 0 Å². The second-order valence-corrected chi connectivity index (χ2v) is 10.5. The molecular weight excluding hydrogens is 428 g/mol. The van der Waals surface area contributed by atoms with E-state index in [4.69, 9.17) is 4.74 Å². The summed E-state index contributed by atoms with van der Waals surface area (Å²) in [6.07, 6.45) is 5.27. The Balaban J connectivity index is 1.41. The highest BCUT2D eigenvalue weighted by molar-refractivity contribution is 5.95. The van der Waals surface area contributed by atoms with E-state index in [0.29, 0.717) is 24.7 Å². The Kier molecular flexibility index (Phi) is 6.82. The monoisotopic (exact) mass is 464 g/mol. The molecule has 0 spiro atoms. The van der Waals surface area contributed by atoms with E-state index in [1.54, 1.807) is 4.90 Å². The van der Waals surface area contributed by atoms with Gasteiger partial charge in [-0.1, -0.05) is 12.1 Å². The van der Waals surface area contributed by atoms with Gasteiger partial charge in [0.15, 0.2) is 0 Å². The summed E-state index contributed by atoms with van der Waals surface area (Å²) >= 11 is 0. The summed E-state index contributed by atoms with van der Waals surface area (Å²) in [4.78, 5) is 36.2. The van der Waals surface area contributed by atoms with Crippen LogP contribution < -0.4 is 4.90 Å². The van der Waals surface area contributed by atoms with E-state index in [1.807, 2.05) is 82.4 Å². The number of ether oxygens (including phenoxy) is 1. The zero-order valence-electron chi connectivity index (χ0n) is 21.0. The third-order valence-corrected chi connectivity index (χ3v) is 6.36. The van der Waals surface area contributed by atoms with Gasteiger partial charge in [-0.05, 0) is 76.3 Å². The number of nitrogens with zero attached hydrogens (tertiary/aromatic N) is 4. The summed E-state index contributed by atoms with van der Waals surface area (Å²) in [5.41, 5.74) is 2.28. The fourth-order valence-corrected chi connectivity index (χ4v) is 4.41. The highest BCUT2D eigenvalue weighted by Gasteiger charge is 2.39. The van der Waals surface area contributed by atoms with Gasteiger partial charge in [0.2, 0.25) is 0 Å². The van der Waals surface area contributed by atoms with E-state index in [1.165, 1.54) is 0 Å². The molecule has 1 aromatic carbocycles. The van der Waals surface area contributed by atoms with E-state index in [2.05, 4.69) is 9.88 Å². The van der Waals surface area contributed by atoms with Gasteiger partial charge in [0.1, 0.15) is 11.4 Å². The number of benzene rings is 1. The lowest BCUT2D eigenvalue weighted by molar-refractivity contribution is 0.0142. The Morgan fingerprint density at radius 3 is 2.00 bits per heavy atom. The molecule has 4 rings (SSSR count). The van der Waals surface area contributed by atoms with Crippen LogP contribution in [0.3, 0.4) is 0 Å². The molecule has 34 heavy (non-hydrogen) atoms. The highest BCUT2D eigenvalue weighted by atomic mass is 16.6. The molecule has 182 valence electrons. The molecule has 0 atom stereocenters. The molecular formula is C27H36N4O3. The lowest BCUT2D eigenvalue weighted by Gasteiger charge is -2.39. The van der Waals surface area contributed by atoms with Crippen molar-refractivity contribution in [1.29, 1.82) is 0 Å². The molecule has 1 saturated heterocycles. The topological polar surface area (TPSA) is 66.0 Å². The molecule has 2 fully saturated rings. The van der Waals surface area contributed by atoms with Crippen LogP contribution in [0.15, 0.2) is 42.6 Å². The number of hydrogen-bond acceptors (Lipinski definition) is 5. The molecule has 0 N–H and O–H groups in total. The maximum atomic E-state index is 13.5. The number of aromatic nitrogens is 1. The smallest absolute Gasteiger partial charge is 0.410 e. The number of likely N-dealkylation sites (tertiary alicyclic amines) is 1. The van der Waals surface area contributed by atoms with Gasteiger partial charge in [-0.15, -0.1) is 0 Å². The minimum atomic E-state index is -0.499. The van der Waals surface area contributed by atoms with Crippen molar-refractivity contribution >= 4 is 17.8 Å². The minimum Gasteiger partial charge on any atom is -0.444 e. The molecule has 0 unspecified atom stereocenters. The first-order valence-corrected chi connectivity index (χ1v) is 12.2. The van der Waals surface area contributed by atoms with Gasteiger partial charge < -0.3 is 19.4 Å². The van der Waals surface area contributed by atoms with Gasteiger partial charge in [-0.3, -0.25) is 4.79 Å². The summed E-state index contributed by atoms with van der Waals surface area (Å²) < 4.78 is 5.51. The number of pyridine rings is 1. The van der Waals surface area contributed by atoms with Gasteiger partial charge in [0.25, 0.3) is 5.91 Å². The Morgan fingerprint density at radius 2 is 1.50 bits per heavy atom. The van der Waals surface area contributed by atoms with Crippen molar-refractivity contribution in [1.82, 2.24) is 14.8 Å². The van der Waals surface area contributed by atoms with Gasteiger partial charge in [0, 0.05) is 56.6 Å². The molecule has 2 aliphatic rings. The largest absolute Gasteiger partial charge is 0.444 e. The van der Waals surface area contributed by atoms with Crippen molar-refractivity contribution in [3.8, 4) is 11.1 Å². The van der Waals surface area contributed by atoms with Crippen LogP contribution in [0.5, 0.6) is 0 Å². The molecule has 0 radical (unpaired) electrons. The third-order valence-electron chi connectivity index (χ3n) is 6.36. The van der Waals surface area contributed by atoms with Gasteiger partial charge in [-0.2, -0.15) is 0 Å². The number of amides is 2. The first kappa shape index (κ1) is 24.0. The molecule has 7 heteroatoms. The number of hydrogen-bond donors (Lipinski definition) is 0. The minimum absolute atomic E-state index is 0.0887. The summed E-state index contributed by atoms with van der Waals surface area (Å²) in [5, 5.41) is 0. The average molecular weight is 465 g/mol. The van der Waals surface area contributed by atoms with E-state index in [-0.39, 0.29) is 18.0 Å². The molecule has 0 bridgehead atoms. The van der Waals surface area contributed by atoms with E-state index in [9.17, 15) is 9.59 Å². The van der Waals surface area contributed by atoms with E-state index in [0.717, 1.165) is 42.6 Å². The predicted octanol–water partition coefficient (Wildman–Crippen LogP) is 4.82. The molecule has 1 aromatic heterocycles. The van der Waals surface area contributed by atoms with E-state index < -0.39 is 5.60 Å². The van der Waals surface area contributed by atoms with Crippen LogP contribution in [0.2, 0.25) is 0 Å². The number of piperidine rings is 1. The number of anilines is 1. The molecule has 2 aromatic rings. The van der Waals surface area contributed by atoms with Crippen molar-refractivity contribution in [3.63, 3.8) is 0 Å². The number of carbonyl (C=O) groups excluding carboxylic acids is 2. The third kappa shape index (κ3) is 5.69. The first-order valence-electron chi connectivity index (χ1n) is 12.2. The van der Waals surface area contributed by atoms with Crippen LogP contribution in [0, 0.1) is 0 Å². The van der Waals surface area contributed by atoms with Crippen molar-refractivity contribution in [2.75, 3.05) is 32.1 Å². The summed E-state index contributed by atoms with van der Waals surface area (Å²) in [7, 11) is 3.94. The average Bonchev–Trinajstić information content (AvgIpc) is 3.64. The molecule has 7 nitrogen and oxygen atoms in total. The maximum Gasteiger partial charge on any atom is 0.410 e. The highest BCUT2D eigenvalue weighted by Crippen LogP contribution is 2.34. The number of carbonyl (C=O) groups is 2. The lowest BCUT2D eigenvalue weighted by atomic mass is 10.0. The summed E-state index contributed by atoms with van der Waals surface area (Å²) in [5.74, 6) is 0.999. The Hall–Kier alpha value is -3.09. The lowest BCUT2D eigenvalue weighted by Crippen LogP contribution is -2.50. The molecule has 1 saturated carbocycles. The fourth-order valence-electron chi connectivity index (χ4n) is 4.41. The fraction of sp³-hybridized carbons (Fsp3) is 0.519. The zero-order chi connectivity index (χ0) is 24.5. The Labute approximate surface area is 202 Å². The van der Waals surface area contributed by atoms with Crippen molar-refractivity contribution < 1.29 is 14.3 Å². The van der Waals surface area contributed by atoms with Crippen molar-refractivity contribution in [3.05, 3.63) is 48.2 Å². The van der Waals surface area contributed by atoms with Crippen LogP contribution in [0.1, 0.15) is 56.8 Å². The predicted molar refractivity (Wildman–Crippen MR) is 134 cm³/mol. The van der Waals surface area contributed by atoms with Gasteiger partial charge in [-0.25, -0.2) is 9.78 Å². The quantitative estimate of drug-likeness (QED) is 0.635. The Bertz CT molecular complexity index is 1000. The molecule has 1 aliphatic carbocycles. The van der Waals surface area contributed by atoms with Crippen LogP contribution in [0.25, 0.3) is 11.1 Å². The molecule has 1 aliphatic heterocycles. The first-order chi connectivity index (χ1) is 16.1. The standard InChI is InChI=1S/C27H36N4O3/c1-27(2,3)34-26(33)30-16-14-23(15-17-30)31(22-11-12-22)25(32)20-8-6-19(7-9-20)21-10-13-24(28-18-21)29(4)5/h6-10,13,18,22-23H,11-12,14-17H2,1-5H3. The van der Waals surface area contributed by atoms with Crippen LogP contribution in [-0.2, 0) is 4.74 Å². The van der Waals surface area contributed by atoms with E-state index >= 15 is 0 Å². The normalized spacial score (nSPS) is 16.8. The van der Waals surface area contributed by atoms with Crippen LogP contribution in [0.4, 0.5) is 10.6 Å².